The topological polar surface area (TPSA) is 66.0 Å². The van der Waals surface area contributed by atoms with E-state index in [0.29, 0.717) is 32.8 Å². The second kappa shape index (κ2) is 6.25. The van der Waals surface area contributed by atoms with Gasteiger partial charge in [-0.1, -0.05) is 23.2 Å². The standard InChI is InChI=1S/C15H12Cl2N4O/c16-9-6-10(17)8-11(7-9)20-21-13-3-4-14(22)19-12-2-1-5-18-15(12)13/h1-3,5-8,20-21H,4H2,(H,19,22). The van der Waals surface area contributed by atoms with Gasteiger partial charge in [0.25, 0.3) is 0 Å². The zero-order valence-corrected chi connectivity index (χ0v) is 12.9. The van der Waals surface area contributed by atoms with Gasteiger partial charge in [0, 0.05) is 22.7 Å². The van der Waals surface area contributed by atoms with Crippen LogP contribution in [0.5, 0.6) is 0 Å². The summed E-state index contributed by atoms with van der Waals surface area (Å²) in [6.45, 7) is 0. The molecular formula is C15H12Cl2N4O. The smallest absolute Gasteiger partial charge is 0.228 e. The number of benzene rings is 1. The first-order valence-corrected chi connectivity index (χ1v) is 7.31. The molecule has 22 heavy (non-hydrogen) atoms. The summed E-state index contributed by atoms with van der Waals surface area (Å²) in [4.78, 5) is 16.0. The Bertz CT molecular complexity index is 741. The SMILES string of the molecule is O=C1CC=C(NNc2cc(Cl)cc(Cl)c2)c2ncccc2N1. The summed E-state index contributed by atoms with van der Waals surface area (Å²) in [6.07, 6.45) is 3.70. The summed E-state index contributed by atoms with van der Waals surface area (Å²) in [7, 11) is 0. The first-order valence-electron chi connectivity index (χ1n) is 6.55. The summed E-state index contributed by atoms with van der Waals surface area (Å²) >= 11 is 11.9. The average Bonchev–Trinajstić information content (AvgIpc) is 2.63. The van der Waals surface area contributed by atoms with E-state index in [1.165, 1.54) is 0 Å². The van der Waals surface area contributed by atoms with Crippen LogP contribution in [0.4, 0.5) is 11.4 Å². The van der Waals surface area contributed by atoms with Crippen molar-refractivity contribution >= 4 is 46.2 Å². The highest BCUT2D eigenvalue weighted by Gasteiger charge is 2.15. The summed E-state index contributed by atoms with van der Waals surface area (Å²) in [6, 6.07) is 8.70. The van der Waals surface area contributed by atoms with Crippen LogP contribution in [0, 0.1) is 0 Å². The molecule has 0 atom stereocenters. The Labute approximate surface area is 137 Å². The van der Waals surface area contributed by atoms with Crippen molar-refractivity contribution in [1.29, 1.82) is 0 Å². The number of carbonyl (C=O) groups is 1. The summed E-state index contributed by atoms with van der Waals surface area (Å²) in [5.41, 5.74) is 8.79. The van der Waals surface area contributed by atoms with E-state index in [9.17, 15) is 4.79 Å². The molecule has 0 radical (unpaired) electrons. The molecule has 0 unspecified atom stereocenters. The van der Waals surface area contributed by atoms with Crippen molar-refractivity contribution in [3.63, 3.8) is 0 Å². The molecule has 0 spiro atoms. The Kier molecular flexibility index (Phi) is 4.18. The number of pyridine rings is 1. The number of hydrogen-bond donors (Lipinski definition) is 3. The van der Waals surface area contributed by atoms with E-state index in [4.69, 9.17) is 23.2 Å². The predicted molar refractivity (Wildman–Crippen MR) is 88.7 cm³/mol. The minimum absolute atomic E-state index is 0.0862. The van der Waals surface area contributed by atoms with Crippen LogP contribution in [0.1, 0.15) is 12.1 Å². The van der Waals surface area contributed by atoms with Crippen molar-refractivity contribution in [2.45, 2.75) is 6.42 Å². The molecule has 2 heterocycles. The van der Waals surface area contributed by atoms with E-state index in [-0.39, 0.29) is 12.3 Å². The van der Waals surface area contributed by atoms with E-state index in [1.54, 1.807) is 42.6 Å². The number of rotatable bonds is 3. The summed E-state index contributed by atoms with van der Waals surface area (Å²) < 4.78 is 0. The van der Waals surface area contributed by atoms with Gasteiger partial charge in [-0.2, -0.15) is 0 Å². The monoisotopic (exact) mass is 334 g/mol. The number of nitrogens with zero attached hydrogens (tertiary/aromatic N) is 1. The van der Waals surface area contributed by atoms with Gasteiger partial charge in [0.1, 0.15) is 5.69 Å². The minimum Gasteiger partial charge on any atom is -0.324 e. The average molecular weight is 335 g/mol. The normalized spacial score (nSPS) is 13.5. The highest BCUT2D eigenvalue weighted by molar-refractivity contribution is 6.35. The number of nitrogens with one attached hydrogen (secondary N) is 3. The second-order valence-electron chi connectivity index (χ2n) is 4.68. The highest BCUT2D eigenvalue weighted by Crippen LogP contribution is 2.25. The minimum atomic E-state index is -0.0862. The van der Waals surface area contributed by atoms with Crippen molar-refractivity contribution < 1.29 is 4.79 Å². The molecule has 112 valence electrons. The Morgan fingerprint density at radius 1 is 1.14 bits per heavy atom. The molecule has 0 saturated heterocycles. The fourth-order valence-electron chi connectivity index (χ4n) is 2.09. The molecular weight excluding hydrogens is 323 g/mol. The first kappa shape index (κ1) is 14.7. The molecule has 1 amide bonds. The van der Waals surface area contributed by atoms with Gasteiger partial charge in [0.05, 0.1) is 17.1 Å². The van der Waals surface area contributed by atoms with Crippen molar-refractivity contribution in [3.8, 4) is 0 Å². The van der Waals surface area contributed by atoms with Crippen molar-refractivity contribution in [2.75, 3.05) is 10.7 Å². The van der Waals surface area contributed by atoms with Crippen LogP contribution in [0.2, 0.25) is 10.0 Å². The molecule has 3 rings (SSSR count). The van der Waals surface area contributed by atoms with E-state index < -0.39 is 0 Å². The van der Waals surface area contributed by atoms with E-state index in [1.807, 2.05) is 0 Å². The number of carbonyl (C=O) groups excluding carboxylic acids is 1. The van der Waals surface area contributed by atoms with Crippen LogP contribution in [0.15, 0.2) is 42.6 Å². The lowest BCUT2D eigenvalue weighted by molar-refractivity contribution is -0.115. The van der Waals surface area contributed by atoms with Crippen molar-refractivity contribution in [2.24, 2.45) is 0 Å². The Morgan fingerprint density at radius 2 is 1.91 bits per heavy atom. The summed E-state index contributed by atoms with van der Waals surface area (Å²) in [5, 5.41) is 3.86. The lowest BCUT2D eigenvalue weighted by Gasteiger charge is -2.14. The van der Waals surface area contributed by atoms with Gasteiger partial charge in [0.2, 0.25) is 5.91 Å². The molecule has 2 aromatic rings. The zero-order chi connectivity index (χ0) is 15.5. The quantitative estimate of drug-likeness (QED) is 0.749. The number of halogens is 2. The number of anilines is 2. The molecule has 0 aliphatic carbocycles. The van der Waals surface area contributed by atoms with Crippen LogP contribution in [-0.4, -0.2) is 10.9 Å². The third-order valence-corrected chi connectivity index (χ3v) is 3.47. The van der Waals surface area contributed by atoms with Crippen molar-refractivity contribution in [1.82, 2.24) is 10.4 Å². The van der Waals surface area contributed by atoms with E-state index >= 15 is 0 Å². The Morgan fingerprint density at radius 3 is 2.68 bits per heavy atom. The molecule has 3 N–H and O–H groups in total. The van der Waals surface area contributed by atoms with Crippen molar-refractivity contribution in [3.05, 3.63) is 58.3 Å². The fourth-order valence-corrected chi connectivity index (χ4v) is 2.62. The molecule has 0 bridgehead atoms. The predicted octanol–water partition coefficient (Wildman–Crippen LogP) is 3.69. The number of hydrazine groups is 1. The highest BCUT2D eigenvalue weighted by atomic mass is 35.5. The fraction of sp³-hybridized carbons (Fsp3) is 0.0667. The largest absolute Gasteiger partial charge is 0.324 e. The van der Waals surface area contributed by atoms with Crippen LogP contribution in [0.3, 0.4) is 0 Å². The van der Waals surface area contributed by atoms with Gasteiger partial charge in [0.15, 0.2) is 0 Å². The van der Waals surface area contributed by atoms with Gasteiger partial charge >= 0.3 is 0 Å². The third kappa shape index (κ3) is 3.32. The number of amides is 1. The van der Waals surface area contributed by atoms with Crippen LogP contribution in [0.25, 0.3) is 5.70 Å². The molecule has 0 fully saturated rings. The molecule has 1 aromatic carbocycles. The number of fused-ring (bicyclic) bond motifs is 1. The molecule has 1 aliphatic rings. The molecule has 0 saturated carbocycles. The lowest BCUT2D eigenvalue weighted by Crippen LogP contribution is -2.20. The summed E-state index contributed by atoms with van der Waals surface area (Å²) in [5.74, 6) is -0.0862. The van der Waals surface area contributed by atoms with Gasteiger partial charge in [-0.3, -0.25) is 15.2 Å². The maximum atomic E-state index is 11.7. The lowest BCUT2D eigenvalue weighted by atomic mass is 10.2. The number of hydrogen-bond acceptors (Lipinski definition) is 4. The molecule has 5 nitrogen and oxygen atoms in total. The van der Waals surface area contributed by atoms with Crippen LogP contribution in [-0.2, 0) is 4.79 Å². The van der Waals surface area contributed by atoms with E-state index in [0.717, 1.165) is 0 Å². The number of aromatic nitrogens is 1. The Balaban J connectivity index is 1.84. The molecule has 1 aliphatic heterocycles. The maximum absolute atomic E-state index is 11.7. The third-order valence-electron chi connectivity index (χ3n) is 3.03. The van der Waals surface area contributed by atoms with E-state index in [2.05, 4.69) is 21.2 Å². The first-order chi connectivity index (χ1) is 10.6. The maximum Gasteiger partial charge on any atom is 0.228 e. The van der Waals surface area contributed by atoms with Gasteiger partial charge in [-0.15, -0.1) is 0 Å². The second-order valence-corrected chi connectivity index (χ2v) is 5.55. The van der Waals surface area contributed by atoms with Crippen LogP contribution < -0.4 is 16.2 Å². The Hall–Kier alpha value is -2.24. The van der Waals surface area contributed by atoms with Gasteiger partial charge in [-0.05, 0) is 36.4 Å². The van der Waals surface area contributed by atoms with Gasteiger partial charge < -0.3 is 10.7 Å². The molecule has 1 aromatic heterocycles. The zero-order valence-electron chi connectivity index (χ0n) is 11.4. The molecule has 7 heteroatoms. The van der Waals surface area contributed by atoms with Gasteiger partial charge in [-0.25, -0.2) is 0 Å². The van der Waals surface area contributed by atoms with Crippen LogP contribution >= 0.6 is 23.2 Å².